The first-order valence-corrected chi connectivity index (χ1v) is 6.51. The van der Waals surface area contributed by atoms with Crippen LogP contribution >= 0.6 is 46.4 Å². The van der Waals surface area contributed by atoms with Gasteiger partial charge in [-0.25, -0.2) is 0 Å². The van der Waals surface area contributed by atoms with Crippen molar-refractivity contribution < 1.29 is 4.92 Å². The van der Waals surface area contributed by atoms with Gasteiger partial charge in [0.05, 0.1) is 20.0 Å². The second-order valence-corrected chi connectivity index (χ2v) is 5.24. The summed E-state index contributed by atoms with van der Waals surface area (Å²) in [5, 5.41) is 11.8. The first kappa shape index (κ1) is 14.4. The Morgan fingerprint density at radius 1 is 0.895 bits per heavy atom. The summed E-state index contributed by atoms with van der Waals surface area (Å²) in [4.78, 5) is 10.3. The Bertz CT molecular complexity index is 673. The molecular weight excluding hydrogens is 332 g/mol. The molecule has 0 bridgehead atoms. The Balaban J connectivity index is 2.69. The Kier molecular flexibility index (Phi) is 4.21. The average Bonchev–Trinajstić information content (AvgIpc) is 2.34. The van der Waals surface area contributed by atoms with Crippen LogP contribution in [0.5, 0.6) is 0 Å². The van der Waals surface area contributed by atoms with Crippen molar-refractivity contribution in [2.24, 2.45) is 0 Å². The lowest BCUT2D eigenvalue weighted by Gasteiger charge is -2.08. The van der Waals surface area contributed by atoms with Crippen molar-refractivity contribution in [3.63, 3.8) is 0 Å². The molecule has 98 valence electrons. The van der Waals surface area contributed by atoms with E-state index in [1.54, 1.807) is 6.07 Å². The van der Waals surface area contributed by atoms with Crippen LogP contribution in [-0.4, -0.2) is 4.92 Å². The number of hydrogen-bond acceptors (Lipinski definition) is 2. The molecule has 0 N–H and O–H groups in total. The smallest absolute Gasteiger partial charge is 0.258 e. The predicted octanol–water partition coefficient (Wildman–Crippen LogP) is 5.88. The summed E-state index contributed by atoms with van der Waals surface area (Å²) in [7, 11) is 0. The maximum absolute atomic E-state index is 10.9. The fourth-order valence-corrected chi connectivity index (χ4v) is 2.54. The maximum Gasteiger partial charge on any atom is 0.288 e. The summed E-state index contributed by atoms with van der Waals surface area (Å²) in [5.41, 5.74) is 0.727. The van der Waals surface area contributed by atoms with Gasteiger partial charge in [-0.05, 0) is 12.1 Å². The van der Waals surface area contributed by atoms with Gasteiger partial charge in [0, 0.05) is 17.2 Å². The molecule has 0 atom stereocenters. The molecule has 0 radical (unpaired) electrons. The van der Waals surface area contributed by atoms with Crippen LogP contribution in [0.15, 0.2) is 30.3 Å². The molecule has 2 aromatic rings. The normalized spacial score (nSPS) is 10.5. The van der Waals surface area contributed by atoms with Gasteiger partial charge in [-0.2, -0.15) is 0 Å². The van der Waals surface area contributed by atoms with Crippen LogP contribution in [0.2, 0.25) is 20.1 Å². The molecule has 0 aliphatic carbocycles. The number of nitro groups is 1. The van der Waals surface area contributed by atoms with E-state index >= 15 is 0 Å². The van der Waals surface area contributed by atoms with E-state index in [9.17, 15) is 10.1 Å². The van der Waals surface area contributed by atoms with Crippen molar-refractivity contribution in [3.8, 4) is 11.1 Å². The maximum atomic E-state index is 10.9. The van der Waals surface area contributed by atoms with Gasteiger partial charge in [-0.3, -0.25) is 10.1 Å². The number of nitro benzene ring substituents is 1. The molecule has 2 rings (SSSR count). The van der Waals surface area contributed by atoms with Crippen molar-refractivity contribution >= 4 is 52.1 Å². The number of halogens is 4. The Hall–Kier alpha value is -1.000. The highest BCUT2D eigenvalue weighted by Gasteiger charge is 2.18. The highest BCUT2D eigenvalue weighted by atomic mass is 35.5. The molecular formula is C12H5Cl4NO2. The summed E-state index contributed by atoms with van der Waals surface area (Å²) in [6.45, 7) is 0. The molecule has 0 amide bonds. The highest BCUT2D eigenvalue weighted by Crippen LogP contribution is 2.41. The summed E-state index contributed by atoms with van der Waals surface area (Å²) < 4.78 is 0. The Morgan fingerprint density at radius 2 is 1.53 bits per heavy atom. The number of benzene rings is 2. The highest BCUT2D eigenvalue weighted by molar-refractivity contribution is 6.44. The monoisotopic (exact) mass is 335 g/mol. The Morgan fingerprint density at radius 3 is 2.16 bits per heavy atom. The van der Waals surface area contributed by atoms with E-state index in [1.165, 1.54) is 24.3 Å². The molecule has 3 nitrogen and oxygen atoms in total. The quantitative estimate of drug-likeness (QED) is 0.390. The van der Waals surface area contributed by atoms with Gasteiger partial charge >= 0.3 is 0 Å². The van der Waals surface area contributed by atoms with Crippen LogP contribution in [0.4, 0.5) is 5.69 Å². The minimum atomic E-state index is -0.558. The zero-order chi connectivity index (χ0) is 14.2. The number of rotatable bonds is 2. The third-order valence-corrected chi connectivity index (χ3v) is 3.91. The summed E-state index contributed by atoms with van der Waals surface area (Å²) in [6.07, 6.45) is 0. The molecule has 7 heteroatoms. The first-order chi connectivity index (χ1) is 8.91. The van der Waals surface area contributed by atoms with Crippen LogP contribution in [0, 0.1) is 10.1 Å². The van der Waals surface area contributed by atoms with Gasteiger partial charge in [-0.1, -0.05) is 58.5 Å². The van der Waals surface area contributed by atoms with Crippen LogP contribution in [0.25, 0.3) is 11.1 Å². The van der Waals surface area contributed by atoms with Crippen LogP contribution in [-0.2, 0) is 0 Å². The van der Waals surface area contributed by atoms with Crippen molar-refractivity contribution in [2.75, 3.05) is 0 Å². The van der Waals surface area contributed by atoms with E-state index in [2.05, 4.69) is 0 Å². The van der Waals surface area contributed by atoms with Gasteiger partial charge in [0.25, 0.3) is 5.69 Å². The van der Waals surface area contributed by atoms with Crippen molar-refractivity contribution in [1.82, 2.24) is 0 Å². The molecule has 19 heavy (non-hydrogen) atoms. The van der Waals surface area contributed by atoms with E-state index in [1.807, 2.05) is 0 Å². The summed E-state index contributed by atoms with van der Waals surface area (Å²) in [6, 6.07) is 7.46. The van der Waals surface area contributed by atoms with Crippen molar-refractivity contribution in [1.29, 1.82) is 0 Å². The van der Waals surface area contributed by atoms with Gasteiger partial charge in [0.15, 0.2) is 0 Å². The van der Waals surface area contributed by atoms with Gasteiger partial charge < -0.3 is 0 Å². The van der Waals surface area contributed by atoms with E-state index in [4.69, 9.17) is 46.4 Å². The molecule has 0 aromatic heterocycles. The van der Waals surface area contributed by atoms with Crippen LogP contribution in [0.1, 0.15) is 0 Å². The number of hydrogen-bond donors (Lipinski definition) is 0. The molecule has 0 aliphatic rings. The third-order valence-electron chi connectivity index (χ3n) is 2.48. The Labute approximate surface area is 128 Å². The standard InChI is InChI=1S/C12H5Cl4NO2/c13-8-5-10(15)9(14)4-7(8)6-2-1-3-11(12(6)16)17(18)19/h1-5H. The van der Waals surface area contributed by atoms with Gasteiger partial charge in [0.1, 0.15) is 5.02 Å². The zero-order valence-corrected chi connectivity index (χ0v) is 12.2. The van der Waals surface area contributed by atoms with E-state index in [-0.39, 0.29) is 10.7 Å². The molecule has 0 heterocycles. The molecule has 0 spiro atoms. The second kappa shape index (κ2) is 5.55. The predicted molar refractivity (Wildman–Crippen MR) is 78.6 cm³/mol. The van der Waals surface area contributed by atoms with Crippen molar-refractivity contribution in [3.05, 3.63) is 60.5 Å². The molecule has 0 aliphatic heterocycles. The van der Waals surface area contributed by atoms with Crippen LogP contribution in [0.3, 0.4) is 0 Å². The van der Waals surface area contributed by atoms with Gasteiger partial charge in [0.2, 0.25) is 0 Å². The van der Waals surface area contributed by atoms with Gasteiger partial charge in [-0.15, -0.1) is 0 Å². The number of nitrogens with zero attached hydrogens (tertiary/aromatic N) is 1. The first-order valence-electron chi connectivity index (χ1n) is 4.99. The lowest BCUT2D eigenvalue weighted by Crippen LogP contribution is -1.91. The second-order valence-electron chi connectivity index (χ2n) is 3.64. The lowest BCUT2D eigenvalue weighted by atomic mass is 10.0. The van der Waals surface area contributed by atoms with E-state index in [0.717, 1.165) is 0 Å². The topological polar surface area (TPSA) is 43.1 Å². The molecule has 0 unspecified atom stereocenters. The zero-order valence-electron chi connectivity index (χ0n) is 9.16. The minimum Gasteiger partial charge on any atom is -0.258 e. The fraction of sp³-hybridized carbons (Fsp3) is 0. The average molecular weight is 337 g/mol. The largest absolute Gasteiger partial charge is 0.288 e. The van der Waals surface area contributed by atoms with E-state index < -0.39 is 4.92 Å². The molecule has 0 saturated carbocycles. The summed E-state index contributed by atoms with van der Waals surface area (Å²) in [5.74, 6) is 0. The molecule has 2 aromatic carbocycles. The van der Waals surface area contributed by atoms with E-state index in [0.29, 0.717) is 26.2 Å². The molecule has 0 fully saturated rings. The summed E-state index contributed by atoms with van der Waals surface area (Å²) >= 11 is 23.9. The minimum absolute atomic E-state index is 0.00721. The fourth-order valence-electron chi connectivity index (χ4n) is 1.60. The lowest BCUT2D eigenvalue weighted by molar-refractivity contribution is -0.384. The molecule has 0 saturated heterocycles. The van der Waals surface area contributed by atoms with Crippen molar-refractivity contribution in [2.45, 2.75) is 0 Å². The van der Waals surface area contributed by atoms with Crippen LogP contribution < -0.4 is 0 Å². The third kappa shape index (κ3) is 2.79. The SMILES string of the molecule is O=[N+]([O-])c1cccc(-c2cc(Cl)c(Cl)cc2Cl)c1Cl.